The van der Waals surface area contributed by atoms with Gasteiger partial charge in [0, 0.05) is 0 Å². The minimum Gasteiger partial charge on any atom is -0.492 e. The normalized spacial score (nSPS) is 11.1. The molecular formula is C22H27BrCl2N2O. The summed E-state index contributed by atoms with van der Waals surface area (Å²) >= 11 is 15.5. The Balaban J connectivity index is 1.74. The van der Waals surface area contributed by atoms with Crippen molar-refractivity contribution in [3.05, 3.63) is 56.5 Å². The third kappa shape index (κ3) is 8.42. The van der Waals surface area contributed by atoms with Crippen LogP contribution in [0.2, 0.25) is 10.0 Å². The Morgan fingerprint density at radius 1 is 0.964 bits per heavy atom. The number of hydrogen-bond acceptors (Lipinski definition) is 3. The summed E-state index contributed by atoms with van der Waals surface area (Å²) in [5.41, 5.74) is 4.68. The maximum atomic E-state index is 5.99. The number of anilines is 1. The van der Waals surface area contributed by atoms with E-state index in [1.807, 2.05) is 24.3 Å². The summed E-state index contributed by atoms with van der Waals surface area (Å²) in [6, 6.07) is 11.2. The Labute approximate surface area is 186 Å². The van der Waals surface area contributed by atoms with Crippen molar-refractivity contribution < 1.29 is 4.74 Å². The van der Waals surface area contributed by atoms with E-state index in [1.54, 1.807) is 18.3 Å². The average Bonchev–Trinajstić information content (AvgIpc) is 2.68. The standard InChI is InChI=1S/C22H27BrCl2N2O/c1-2-3-4-5-6-7-8-13-28-22-12-9-17(14-19(22)23)16-26-27-18-10-11-20(24)21(25)15-18/h9-12,14-16,27H,2-8,13H2,1H3. The largest absolute Gasteiger partial charge is 0.492 e. The number of ether oxygens (including phenoxy) is 1. The maximum absolute atomic E-state index is 5.99. The molecule has 0 heterocycles. The second kappa shape index (κ2) is 13.1. The number of hydrazone groups is 1. The van der Waals surface area contributed by atoms with Crippen molar-refractivity contribution in [2.45, 2.75) is 51.9 Å². The topological polar surface area (TPSA) is 33.6 Å². The van der Waals surface area contributed by atoms with E-state index >= 15 is 0 Å². The molecule has 28 heavy (non-hydrogen) atoms. The predicted octanol–water partition coefficient (Wildman–Crippen LogP) is 8.33. The quantitative estimate of drug-likeness (QED) is 0.186. The Morgan fingerprint density at radius 3 is 2.43 bits per heavy atom. The number of hydrogen-bond donors (Lipinski definition) is 1. The molecular weight excluding hydrogens is 459 g/mol. The van der Waals surface area contributed by atoms with Crippen LogP contribution in [0.25, 0.3) is 0 Å². The van der Waals surface area contributed by atoms with E-state index in [2.05, 4.69) is 33.4 Å². The van der Waals surface area contributed by atoms with Crippen LogP contribution >= 0.6 is 39.1 Å². The SMILES string of the molecule is CCCCCCCCCOc1ccc(C=NNc2ccc(Cl)c(Cl)c2)cc1Br. The highest BCUT2D eigenvalue weighted by Gasteiger charge is 2.02. The Morgan fingerprint density at radius 2 is 1.71 bits per heavy atom. The van der Waals surface area contributed by atoms with Crippen molar-refractivity contribution in [1.29, 1.82) is 0 Å². The van der Waals surface area contributed by atoms with Crippen molar-refractivity contribution in [1.82, 2.24) is 0 Å². The molecule has 0 radical (unpaired) electrons. The van der Waals surface area contributed by atoms with E-state index in [1.165, 1.54) is 38.5 Å². The first-order chi connectivity index (χ1) is 13.6. The second-order valence-corrected chi connectivity index (χ2v) is 8.33. The molecule has 2 rings (SSSR count). The molecule has 0 atom stereocenters. The van der Waals surface area contributed by atoms with E-state index in [-0.39, 0.29) is 0 Å². The molecule has 0 spiro atoms. The van der Waals surface area contributed by atoms with Gasteiger partial charge in [-0.3, -0.25) is 5.43 Å². The number of nitrogens with one attached hydrogen (secondary N) is 1. The van der Waals surface area contributed by atoms with Crippen LogP contribution < -0.4 is 10.2 Å². The van der Waals surface area contributed by atoms with Crippen molar-refractivity contribution >= 4 is 51.0 Å². The molecule has 2 aromatic carbocycles. The van der Waals surface area contributed by atoms with Crippen molar-refractivity contribution in [3.8, 4) is 5.75 Å². The lowest BCUT2D eigenvalue weighted by atomic mass is 10.1. The van der Waals surface area contributed by atoms with Crippen LogP contribution in [0.5, 0.6) is 5.75 Å². The van der Waals surface area contributed by atoms with Crippen molar-refractivity contribution in [2.75, 3.05) is 12.0 Å². The van der Waals surface area contributed by atoms with E-state index in [9.17, 15) is 0 Å². The third-order valence-corrected chi connectivity index (χ3v) is 5.65. The monoisotopic (exact) mass is 484 g/mol. The second-order valence-electron chi connectivity index (χ2n) is 6.66. The van der Waals surface area contributed by atoms with Gasteiger partial charge in [-0.2, -0.15) is 5.10 Å². The molecule has 0 unspecified atom stereocenters. The lowest BCUT2D eigenvalue weighted by molar-refractivity contribution is 0.302. The Hall–Kier alpha value is -1.23. The van der Waals surface area contributed by atoms with Crippen LogP contribution in [-0.4, -0.2) is 12.8 Å². The van der Waals surface area contributed by atoms with Crippen molar-refractivity contribution in [2.24, 2.45) is 5.10 Å². The van der Waals surface area contributed by atoms with Crippen LogP contribution in [0, 0.1) is 0 Å². The van der Waals surface area contributed by atoms with Crippen LogP contribution in [0.15, 0.2) is 46.0 Å². The molecule has 0 aliphatic heterocycles. The molecule has 0 aromatic heterocycles. The third-order valence-electron chi connectivity index (χ3n) is 4.29. The van der Waals surface area contributed by atoms with Gasteiger partial charge in [0.15, 0.2) is 0 Å². The average molecular weight is 486 g/mol. The molecule has 6 heteroatoms. The molecule has 0 saturated heterocycles. The minimum absolute atomic E-state index is 0.493. The van der Waals surface area contributed by atoms with Gasteiger partial charge < -0.3 is 4.74 Å². The van der Waals surface area contributed by atoms with E-state index in [0.717, 1.165) is 34.5 Å². The molecule has 0 bridgehead atoms. The summed E-state index contributed by atoms with van der Waals surface area (Å²) in [6.45, 7) is 2.99. The van der Waals surface area contributed by atoms with Gasteiger partial charge in [0.25, 0.3) is 0 Å². The molecule has 1 N–H and O–H groups in total. The van der Waals surface area contributed by atoms with E-state index in [0.29, 0.717) is 10.0 Å². The molecule has 0 saturated carbocycles. The van der Waals surface area contributed by atoms with E-state index < -0.39 is 0 Å². The van der Waals surface area contributed by atoms with Crippen molar-refractivity contribution in [3.63, 3.8) is 0 Å². The first-order valence-corrected chi connectivity index (χ1v) is 11.3. The zero-order chi connectivity index (χ0) is 20.2. The smallest absolute Gasteiger partial charge is 0.133 e. The number of unbranched alkanes of at least 4 members (excludes halogenated alkanes) is 6. The zero-order valence-corrected chi connectivity index (χ0v) is 19.3. The fourth-order valence-corrected chi connectivity index (χ4v) is 3.51. The van der Waals surface area contributed by atoms with Gasteiger partial charge in [-0.1, -0.05) is 68.7 Å². The molecule has 3 nitrogen and oxygen atoms in total. The number of rotatable bonds is 12. The van der Waals surface area contributed by atoms with Gasteiger partial charge in [-0.25, -0.2) is 0 Å². The van der Waals surface area contributed by atoms with Gasteiger partial charge >= 0.3 is 0 Å². The van der Waals surface area contributed by atoms with Crippen LogP contribution in [0.4, 0.5) is 5.69 Å². The fourth-order valence-electron chi connectivity index (χ4n) is 2.70. The molecule has 152 valence electrons. The lowest BCUT2D eigenvalue weighted by Gasteiger charge is -2.09. The number of benzene rings is 2. The molecule has 0 aliphatic rings. The van der Waals surface area contributed by atoms with Gasteiger partial charge in [0.1, 0.15) is 5.75 Å². The van der Waals surface area contributed by atoms with E-state index in [4.69, 9.17) is 27.9 Å². The Kier molecular flexibility index (Phi) is 10.8. The van der Waals surface area contributed by atoms with Gasteiger partial charge in [0.2, 0.25) is 0 Å². The summed E-state index contributed by atoms with van der Waals surface area (Å²) in [4.78, 5) is 0. The lowest BCUT2D eigenvalue weighted by Crippen LogP contribution is -1.98. The first kappa shape index (κ1) is 23.1. The minimum atomic E-state index is 0.493. The Bertz CT molecular complexity index is 768. The highest BCUT2D eigenvalue weighted by Crippen LogP contribution is 2.26. The highest BCUT2D eigenvalue weighted by atomic mass is 79.9. The fraction of sp³-hybridized carbons (Fsp3) is 0.409. The molecule has 2 aromatic rings. The molecule has 0 aliphatic carbocycles. The maximum Gasteiger partial charge on any atom is 0.133 e. The summed E-state index contributed by atoms with van der Waals surface area (Å²) in [5, 5.41) is 5.25. The first-order valence-electron chi connectivity index (χ1n) is 9.76. The molecule has 0 fully saturated rings. The zero-order valence-electron chi connectivity index (χ0n) is 16.2. The summed E-state index contributed by atoms with van der Waals surface area (Å²) in [5.74, 6) is 0.862. The van der Waals surface area contributed by atoms with Gasteiger partial charge in [-0.15, -0.1) is 0 Å². The highest BCUT2D eigenvalue weighted by molar-refractivity contribution is 9.10. The van der Waals surface area contributed by atoms with Crippen LogP contribution in [0.3, 0.4) is 0 Å². The number of halogens is 3. The van der Waals surface area contributed by atoms with Crippen LogP contribution in [0.1, 0.15) is 57.4 Å². The summed E-state index contributed by atoms with van der Waals surface area (Å²) in [7, 11) is 0. The predicted molar refractivity (Wildman–Crippen MR) is 125 cm³/mol. The van der Waals surface area contributed by atoms with Gasteiger partial charge in [0.05, 0.1) is 33.0 Å². The summed E-state index contributed by atoms with van der Waals surface area (Å²) < 4.78 is 6.81. The molecule has 0 amide bonds. The van der Waals surface area contributed by atoms with Crippen LogP contribution in [-0.2, 0) is 0 Å². The number of nitrogens with zero attached hydrogens (tertiary/aromatic N) is 1. The summed E-state index contributed by atoms with van der Waals surface area (Å²) in [6.07, 6.45) is 10.7. The van der Waals surface area contributed by atoms with Gasteiger partial charge in [-0.05, 0) is 64.3 Å².